The Bertz CT molecular complexity index is 1250. The second-order valence-corrected chi connectivity index (χ2v) is 6.68. The summed E-state index contributed by atoms with van der Waals surface area (Å²) >= 11 is 0. The molecule has 8 heteroatoms. The van der Waals surface area contributed by atoms with Crippen LogP contribution < -0.4 is 4.74 Å². The molecule has 0 fully saturated rings. The number of pyridine rings is 1. The largest absolute Gasteiger partial charge is 0.507 e. The minimum absolute atomic E-state index is 0.222. The Kier molecular flexibility index (Phi) is 5.13. The molecule has 2 aromatic carbocycles. The van der Waals surface area contributed by atoms with Crippen LogP contribution in [0.25, 0.3) is 10.8 Å². The molecule has 0 bridgehead atoms. The van der Waals surface area contributed by atoms with Crippen LogP contribution in [0.4, 0.5) is 11.4 Å². The van der Waals surface area contributed by atoms with Gasteiger partial charge < -0.3 is 9.84 Å². The molecule has 2 aromatic heterocycles. The molecule has 0 saturated heterocycles. The second kappa shape index (κ2) is 8.04. The van der Waals surface area contributed by atoms with Gasteiger partial charge in [-0.15, -0.1) is 5.11 Å². The number of azo groups is 1. The van der Waals surface area contributed by atoms with E-state index in [2.05, 4.69) is 25.2 Å². The Morgan fingerprint density at radius 3 is 2.40 bits per heavy atom. The summed E-state index contributed by atoms with van der Waals surface area (Å²) in [6.07, 6.45) is 7.48. The highest BCUT2D eigenvalue weighted by molar-refractivity contribution is 6.01. The van der Waals surface area contributed by atoms with E-state index >= 15 is 0 Å². The molecule has 1 N–H and O–H groups in total. The van der Waals surface area contributed by atoms with Crippen molar-refractivity contribution in [2.45, 2.75) is 13.8 Å². The van der Waals surface area contributed by atoms with Gasteiger partial charge in [0, 0.05) is 17.8 Å². The Hall–Kier alpha value is -4.20. The summed E-state index contributed by atoms with van der Waals surface area (Å²) in [4.78, 5) is 24.6. The molecular formula is C22H17N5O3. The lowest BCUT2D eigenvalue weighted by Crippen LogP contribution is -2.09. The summed E-state index contributed by atoms with van der Waals surface area (Å²) < 4.78 is 5.38. The Morgan fingerprint density at radius 1 is 0.933 bits per heavy atom. The van der Waals surface area contributed by atoms with Crippen LogP contribution in [0.5, 0.6) is 11.5 Å². The molecule has 8 nitrogen and oxygen atoms in total. The lowest BCUT2D eigenvalue weighted by atomic mass is 10.1. The predicted molar refractivity (Wildman–Crippen MR) is 110 cm³/mol. The SMILES string of the molecule is Cc1cc(/N=N/c2cc3cnccc3cc2C(=O)Oc2cncnc2)cc(C)c1O. The first-order valence-electron chi connectivity index (χ1n) is 9.08. The average Bonchev–Trinajstić information content (AvgIpc) is 2.76. The van der Waals surface area contributed by atoms with Gasteiger partial charge in [-0.3, -0.25) is 4.98 Å². The van der Waals surface area contributed by atoms with Gasteiger partial charge in [0.15, 0.2) is 5.75 Å². The molecule has 4 rings (SSSR count). The molecule has 0 unspecified atom stereocenters. The molecule has 0 radical (unpaired) electrons. The van der Waals surface area contributed by atoms with Crippen LogP contribution in [-0.2, 0) is 0 Å². The zero-order chi connectivity index (χ0) is 21.1. The number of nitrogens with zero attached hydrogens (tertiary/aromatic N) is 5. The topological polar surface area (TPSA) is 110 Å². The monoisotopic (exact) mass is 399 g/mol. The van der Waals surface area contributed by atoms with E-state index in [1.54, 1.807) is 56.6 Å². The molecular weight excluding hydrogens is 382 g/mol. The molecule has 30 heavy (non-hydrogen) atoms. The number of phenolic OH excluding ortho intramolecular Hbond substituents is 1. The quantitative estimate of drug-likeness (QED) is 0.383. The van der Waals surface area contributed by atoms with Crippen LogP contribution >= 0.6 is 0 Å². The molecule has 0 spiro atoms. The third kappa shape index (κ3) is 3.97. The number of carbonyl (C=O) groups is 1. The molecule has 0 saturated carbocycles. The van der Waals surface area contributed by atoms with Gasteiger partial charge in [0.05, 0.1) is 23.6 Å². The first-order valence-corrected chi connectivity index (χ1v) is 9.08. The van der Waals surface area contributed by atoms with E-state index in [-0.39, 0.29) is 17.1 Å². The lowest BCUT2D eigenvalue weighted by molar-refractivity contribution is 0.0734. The van der Waals surface area contributed by atoms with Crippen LogP contribution in [0, 0.1) is 13.8 Å². The highest BCUT2D eigenvalue weighted by Crippen LogP contribution is 2.31. The summed E-state index contributed by atoms with van der Waals surface area (Å²) in [5, 5.41) is 20.1. The Labute approximate surface area is 171 Å². The predicted octanol–water partition coefficient (Wildman–Crippen LogP) is 4.98. The summed E-state index contributed by atoms with van der Waals surface area (Å²) in [5.41, 5.74) is 2.52. The molecule has 2 heterocycles. The number of fused-ring (bicyclic) bond motifs is 1. The van der Waals surface area contributed by atoms with Crippen molar-refractivity contribution in [3.8, 4) is 11.5 Å². The minimum Gasteiger partial charge on any atom is -0.507 e. The van der Waals surface area contributed by atoms with E-state index in [0.29, 0.717) is 22.5 Å². The number of benzene rings is 2. The smallest absolute Gasteiger partial charge is 0.345 e. The van der Waals surface area contributed by atoms with Crippen molar-refractivity contribution < 1.29 is 14.6 Å². The van der Waals surface area contributed by atoms with Crippen molar-refractivity contribution in [2.24, 2.45) is 10.2 Å². The number of aromatic hydroxyl groups is 1. The zero-order valence-electron chi connectivity index (χ0n) is 16.3. The van der Waals surface area contributed by atoms with E-state index in [1.807, 2.05) is 0 Å². The van der Waals surface area contributed by atoms with Gasteiger partial charge in [-0.2, -0.15) is 5.11 Å². The van der Waals surface area contributed by atoms with E-state index < -0.39 is 5.97 Å². The van der Waals surface area contributed by atoms with Gasteiger partial charge in [0.1, 0.15) is 17.8 Å². The van der Waals surface area contributed by atoms with E-state index in [4.69, 9.17) is 4.74 Å². The fourth-order valence-corrected chi connectivity index (χ4v) is 2.97. The highest BCUT2D eigenvalue weighted by atomic mass is 16.5. The number of rotatable bonds is 4. The highest BCUT2D eigenvalue weighted by Gasteiger charge is 2.16. The lowest BCUT2D eigenvalue weighted by Gasteiger charge is -2.08. The van der Waals surface area contributed by atoms with Crippen LogP contribution in [0.15, 0.2) is 71.7 Å². The first-order chi connectivity index (χ1) is 14.5. The van der Waals surface area contributed by atoms with Gasteiger partial charge in [0.25, 0.3) is 0 Å². The number of hydrogen-bond donors (Lipinski definition) is 1. The normalized spacial score (nSPS) is 11.1. The third-order valence-electron chi connectivity index (χ3n) is 4.47. The van der Waals surface area contributed by atoms with E-state index in [1.165, 1.54) is 18.7 Å². The summed E-state index contributed by atoms with van der Waals surface area (Å²) in [6.45, 7) is 3.57. The molecule has 0 amide bonds. The second-order valence-electron chi connectivity index (χ2n) is 6.68. The van der Waals surface area contributed by atoms with Gasteiger partial charge >= 0.3 is 5.97 Å². The number of carbonyl (C=O) groups excluding carboxylic acids is 1. The fraction of sp³-hybridized carbons (Fsp3) is 0.0909. The van der Waals surface area contributed by atoms with Crippen molar-refractivity contribution in [3.05, 3.63) is 78.1 Å². The number of ether oxygens (including phenoxy) is 1. The summed E-state index contributed by atoms with van der Waals surface area (Å²) in [5.74, 6) is -0.152. The Balaban J connectivity index is 1.75. The van der Waals surface area contributed by atoms with Crippen LogP contribution in [-0.4, -0.2) is 26.0 Å². The third-order valence-corrected chi connectivity index (χ3v) is 4.47. The van der Waals surface area contributed by atoms with Crippen molar-refractivity contribution in [1.29, 1.82) is 0 Å². The number of phenols is 1. The number of esters is 1. The molecule has 0 atom stereocenters. The Morgan fingerprint density at radius 2 is 1.67 bits per heavy atom. The minimum atomic E-state index is -0.601. The molecule has 0 aliphatic carbocycles. The number of hydrogen-bond acceptors (Lipinski definition) is 8. The molecule has 0 aliphatic heterocycles. The van der Waals surface area contributed by atoms with Gasteiger partial charge in [-0.1, -0.05) is 0 Å². The first kappa shape index (κ1) is 19.1. The van der Waals surface area contributed by atoms with Crippen molar-refractivity contribution >= 4 is 28.1 Å². The molecule has 148 valence electrons. The van der Waals surface area contributed by atoms with E-state index in [9.17, 15) is 9.90 Å². The van der Waals surface area contributed by atoms with Crippen LogP contribution in [0.3, 0.4) is 0 Å². The van der Waals surface area contributed by atoms with Gasteiger partial charge in [-0.25, -0.2) is 14.8 Å². The maximum Gasteiger partial charge on any atom is 0.345 e. The zero-order valence-corrected chi connectivity index (χ0v) is 16.3. The van der Waals surface area contributed by atoms with Gasteiger partial charge in [0.2, 0.25) is 0 Å². The number of aryl methyl sites for hydroxylation is 2. The summed E-state index contributed by atoms with van der Waals surface area (Å²) in [7, 11) is 0. The maximum atomic E-state index is 12.8. The standard InChI is InChI=1S/C22H17N5O3/c1-13-5-17(6-14(2)21(13)28)26-27-20-8-16-9-23-4-3-15(16)7-19(20)22(29)30-18-10-24-12-25-11-18/h3-12,28H,1-2H3/b27-26+. The van der Waals surface area contributed by atoms with Crippen LogP contribution in [0.1, 0.15) is 21.5 Å². The molecule has 0 aliphatic rings. The van der Waals surface area contributed by atoms with E-state index in [0.717, 1.165) is 10.8 Å². The van der Waals surface area contributed by atoms with Crippen molar-refractivity contribution in [1.82, 2.24) is 15.0 Å². The summed E-state index contributed by atoms with van der Waals surface area (Å²) in [6, 6.07) is 8.64. The van der Waals surface area contributed by atoms with Crippen molar-refractivity contribution in [2.75, 3.05) is 0 Å². The van der Waals surface area contributed by atoms with Gasteiger partial charge in [-0.05, 0) is 60.7 Å². The fourth-order valence-electron chi connectivity index (χ4n) is 2.97. The maximum absolute atomic E-state index is 12.8. The van der Waals surface area contributed by atoms with Crippen LogP contribution in [0.2, 0.25) is 0 Å². The van der Waals surface area contributed by atoms with Crippen molar-refractivity contribution in [3.63, 3.8) is 0 Å². The average molecular weight is 399 g/mol. The number of aromatic nitrogens is 3. The molecule has 4 aromatic rings.